The van der Waals surface area contributed by atoms with Crippen molar-refractivity contribution in [3.63, 3.8) is 0 Å². The lowest BCUT2D eigenvalue weighted by molar-refractivity contribution is 0.0980. The lowest BCUT2D eigenvalue weighted by atomic mass is 9.83. The average Bonchev–Trinajstić information content (AvgIpc) is 2.66. The van der Waals surface area contributed by atoms with Gasteiger partial charge in [0.15, 0.2) is 17.0 Å². The van der Waals surface area contributed by atoms with Crippen LogP contribution in [0.25, 0.3) is 20.2 Å². The Labute approximate surface area is 166 Å². The van der Waals surface area contributed by atoms with Crippen molar-refractivity contribution >= 4 is 66.3 Å². The van der Waals surface area contributed by atoms with Crippen LogP contribution in [-0.4, -0.2) is 11.6 Å². The smallest absolute Gasteiger partial charge is 0.195 e. The Morgan fingerprint density at radius 3 is 2.15 bits per heavy atom. The van der Waals surface area contributed by atoms with E-state index in [0.717, 1.165) is 0 Å². The number of hydrogen-bond acceptors (Lipinski definition) is 4. The quantitative estimate of drug-likeness (QED) is 0.317. The van der Waals surface area contributed by atoms with E-state index in [4.69, 9.17) is 23.2 Å². The molecule has 0 amide bonds. The third kappa shape index (κ3) is 2.24. The molecule has 4 aromatic rings. The molecule has 0 radical (unpaired) electrons. The Kier molecular flexibility index (Phi) is 3.53. The molecule has 5 rings (SSSR count). The van der Waals surface area contributed by atoms with Gasteiger partial charge in [0, 0.05) is 32.5 Å². The zero-order chi connectivity index (χ0) is 18.9. The summed E-state index contributed by atoms with van der Waals surface area (Å²) in [5.74, 6) is -0.477. The first-order chi connectivity index (χ1) is 13.0. The van der Waals surface area contributed by atoms with Gasteiger partial charge in [-0.1, -0.05) is 47.5 Å². The third-order valence-electron chi connectivity index (χ3n) is 4.75. The molecular formula is C21H8Cl2O3S. The second-order valence-electron chi connectivity index (χ2n) is 6.26. The van der Waals surface area contributed by atoms with E-state index in [1.165, 1.54) is 11.3 Å². The molecule has 130 valence electrons. The van der Waals surface area contributed by atoms with E-state index < -0.39 is 0 Å². The van der Waals surface area contributed by atoms with Crippen LogP contribution in [0.3, 0.4) is 0 Å². The van der Waals surface area contributed by atoms with Crippen molar-refractivity contribution in [2.24, 2.45) is 0 Å². The first-order valence-electron chi connectivity index (χ1n) is 8.04. The van der Waals surface area contributed by atoms with Crippen LogP contribution in [-0.2, 0) is 0 Å². The lowest BCUT2D eigenvalue weighted by Crippen LogP contribution is -2.21. The number of carbonyl (C=O) groups excluding carboxylic acids is 2. The maximum Gasteiger partial charge on any atom is 0.195 e. The van der Waals surface area contributed by atoms with Crippen molar-refractivity contribution in [2.45, 2.75) is 0 Å². The summed E-state index contributed by atoms with van der Waals surface area (Å²) in [7, 11) is 0. The zero-order valence-corrected chi connectivity index (χ0v) is 15.8. The maximum absolute atomic E-state index is 13.2. The highest BCUT2D eigenvalue weighted by molar-refractivity contribution is 7.25. The average molecular weight is 411 g/mol. The predicted molar refractivity (Wildman–Crippen MR) is 109 cm³/mol. The monoisotopic (exact) mass is 410 g/mol. The van der Waals surface area contributed by atoms with Crippen molar-refractivity contribution in [3.05, 3.63) is 91.1 Å². The Bertz CT molecular complexity index is 1400. The van der Waals surface area contributed by atoms with Gasteiger partial charge in [-0.15, -0.1) is 11.3 Å². The minimum Gasteiger partial charge on any atom is -0.289 e. The molecule has 0 saturated heterocycles. The molecule has 0 spiro atoms. The highest BCUT2D eigenvalue weighted by Gasteiger charge is 2.31. The van der Waals surface area contributed by atoms with E-state index in [9.17, 15) is 14.4 Å². The highest BCUT2D eigenvalue weighted by atomic mass is 35.5. The molecule has 0 atom stereocenters. The number of fused-ring (bicyclic) bond motifs is 5. The van der Waals surface area contributed by atoms with Crippen LogP contribution in [0.5, 0.6) is 0 Å². The number of carbonyl (C=O) groups is 2. The topological polar surface area (TPSA) is 51.2 Å². The van der Waals surface area contributed by atoms with Gasteiger partial charge in [-0.2, -0.15) is 0 Å². The van der Waals surface area contributed by atoms with Crippen LogP contribution < -0.4 is 5.43 Å². The van der Waals surface area contributed by atoms with Crippen molar-refractivity contribution in [2.75, 3.05) is 0 Å². The SMILES string of the molecule is O=C1c2ccccc2C(=O)c2c1ccc1c(=O)c3cc(Cl)cc(Cl)c3sc21. The van der Waals surface area contributed by atoms with Crippen LogP contribution in [0.4, 0.5) is 0 Å². The minimum absolute atomic E-state index is 0.218. The molecule has 0 N–H and O–H groups in total. The third-order valence-corrected chi connectivity index (χ3v) is 6.65. The van der Waals surface area contributed by atoms with Gasteiger partial charge in [0.2, 0.25) is 0 Å². The van der Waals surface area contributed by atoms with Crippen LogP contribution >= 0.6 is 34.5 Å². The van der Waals surface area contributed by atoms with E-state index in [0.29, 0.717) is 46.9 Å². The second-order valence-corrected chi connectivity index (χ2v) is 8.13. The van der Waals surface area contributed by atoms with E-state index in [1.807, 2.05) is 0 Å². The summed E-state index contributed by atoms with van der Waals surface area (Å²) >= 11 is 13.6. The molecule has 0 saturated carbocycles. The fraction of sp³-hybridized carbons (Fsp3) is 0. The first kappa shape index (κ1) is 16.6. The molecule has 0 fully saturated rings. The van der Waals surface area contributed by atoms with Gasteiger partial charge < -0.3 is 0 Å². The Morgan fingerprint density at radius 1 is 0.704 bits per heavy atom. The number of benzene rings is 3. The molecule has 6 heteroatoms. The van der Waals surface area contributed by atoms with Crippen molar-refractivity contribution in [1.82, 2.24) is 0 Å². The summed E-state index contributed by atoms with van der Waals surface area (Å²) in [6.45, 7) is 0. The van der Waals surface area contributed by atoms with Crippen molar-refractivity contribution in [1.29, 1.82) is 0 Å². The molecule has 0 aliphatic heterocycles. The zero-order valence-electron chi connectivity index (χ0n) is 13.5. The molecular weight excluding hydrogens is 403 g/mol. The van der Waals surface area contributed by atoms with Gasteiger partial charge in [0.05, 0.1) is 20.0 Å². The standard InChI is InChI=1S/C21H8Cl2O3S/c22-9-7-14-18(25)13-6-5-12-16(21(13)27-20(14)15(23)8-9)19(26)11-4-2-1-3-10(11)17(12)24/h1-8H. The minimum atomic E-state index is -0.259. The predicted octanol–water partition coefficient (Wildman–Crippen LogP) is 5.50. The number of hydrogen-bond donors (Lipinski definition) is 0. The van der Waals surface area contributed by atoms with Crippen molar-refractivity contribution < 1.29 is 9.59 Å². The maximum atomic E-state index is 13.2. The van der Waals surface area contributed by atoms with E-state index in [1.54, 1.807) is 48.5 Å². The fourth-order valence-corrected chi connectivity index (χ4v) is 5.33. The molecule has 1 aromatic heterocycles. The van der Waals surface area contributed by atoms with E-state index >= 15 is 0 Å². The summed E-state index contributed by atoms with van der Waals surface area (Å²) in [6, 6.07) is 13.0. The summed E-state index contributed by atoms with van der Waals surface area (Å²) in [5.41, 5.74) is 1.05. The van der Waals surface area contributed by atoms with Gasteiger partial charge in [-0.3, -0.25) is 14.4 Å². The number of ketones is 2. The van der Waals surface area contributed by atoms with Gasteiger partial charge in [-0.05, 0) is 24.3 Å². The summed E-state index contributed by atoms with van der Waals surface area (Å²) in [4.78, 5) is 39.0. The molecule has 3 nitrogen and oxygen atoms in total. The van der Waals surface area contributed by atoms with Crippen LogP contribution in [0, 0.1) is 0 Å². The first-order valence-corrected chi connectivity index (χ1v) is 9.61. The van der Waals surface area contributed by atoms with Crippen molar-refractivity contribution in [3.8, 4) is 0 Å². The highest BCUT2D eigenvalue weighted by Crippen LogP contribution is 2.38. The number of rotatable bonds is 0. The summed E-state index contributed by atoms with van der Waals surface area (Å²) < 4.78 is 1.02. The number of halogens is 2. The molecule has 0 unspecified atom stereocenters. The van der Waals surface area contributed by atoms with Crippen LogP contribution in [0.15, 0.2) is 53.3 Å². The molecule has 1 aliphatic rings. The van der Waals surface area contributed by atoms with E-state index in [2.05, 4.69) is 0 Å². The fourth-order valence-electron chi connectivity index (χ4n) is 3.52. The summed E-state index contributed by atoms with van der Waals surface area (Å²) in [6.07, 6.45) is 0. The Morgan fingerprint density at radius 2 is 1.41 bits per heavy atom. The Hall–Kier alpha value is -2.53. The van der Waals surface area contributed by atoms with Crippen LogP contribution in [0.2, 0.25) is 10.0 Å². The largest absolute Gasteiger partial charge is 0.289 e. The van der Waals surface area contributed by atoms with E-state index in [-0.39, 0.29) is 22.6 Å². The molecule has 3 aromatic carbocycles. The normalized spacial score (nSPS) is 13.1. The van der Waals surface area contributed by atoms with Gasteiger partial charge in [0.25, 0.3) is 0 Å². The molecule has 0 bridgehead atoms. The lowest BCUT2D eigenvalue weighted by Gasteiger charge is -2.18. The van der Waals surface area contributed by atoms with Gasteiger partial charge >= 0.3 is 0 Å². The molecule has 1 heterocycles. The Balaban J connectivity index is 1.97. The van der Waals surface area contributed by atoms with Gasteiger partial charge in [-0.25, -0.2) is 0 Å². The summed E-state index contributed by atoms with van der Waals surface area (Å²) in [5, 5.41) is 1.49. The molecule has 1 aliphatic carbocycles. The molecule has 27 heavy (non-hydrogen) atoms. The second kappa shape index (κ2) is 5.73. The van der Waals surface area contributed by atoms with Gasteiger partial charge in [0.1, 0.15) is 0 Å². The van der Waals surface area contributed by atoms with Crippen LogP contribution in [0.1, 0.15) is 31.8 Å².